The average Bonchev–Trinajstić information content (AvgIpc) is 3.18. The van der Waals surface area contributed by atoms with E-state index in [1.54, 1.807) is 27.6 Å². The summed E-state index contributed by atoms with van der Waals surface area (Å²) in [6.45, 7) is 7.72. The van der Waals surface area contributed by atoms with E-state index in [2.05, 4.69) is 24.0 Å². The number of hydrogen-bond acceptors (Lipinski definition) is 4. The Balaban J connectivity index is 1.46. The van der Waals surface area contributed by atoms with Crippen molar-refractivity contribution in [3.63, 3.8) is 0 Å². The number of aromatic nitrogens is 3. The topological polar surface area (TPSA) is 69.4 Å². The summed E-state index contributed by atoms with van der Waals surface area (Å²) in [4.78, 5) is 32.7. The molecule has 1 amide bonds. The van der Waals surface area contributed by atoms with Gasteiger partial charge in [-0.25, -0.2) is 4.98 Å². The molecule has 31 heavy (non-hydrogen) atoms. The number of hydrogen-bond donors (Lipinski definition) is 0. The minimum absolute atomic E-state index is 0.0754. The van der Waals surface area contributed by atoms with Crippen molar-refractivity contribution in [1.29, 1.82) is 0 Å². The van der Waals surface area contributed by atoms with Crippen LogP contribution in [0.3, 0.4) is 0 Å². The molecule has 0 N–H and O–H groups in total. The van der Waals surface area contributed by atoms with Gasteiger partial charge in [0, 0.05) is 31.2 Å². The van der Waals surface area contributed by atoms with E-state index in [-0.39, 0.29) is 23.4 Å². The predicted octanol–water partition coefficient (Wildman–Crippen LogP) is 3.06. The van der Waals surface area contributed by atoms with E-state index in [4.69, 9.17) is 4.74 Å². The Hall–Kier alpha value is -3.35. The Morgan fingerprint density at radius 1 is 1.16 bits per heavy atom. The van der Waals surface area contributed by atoms with Gasteiger partial charge in [0.1, 0.15) is 17.1 Å². The van der Waals surface area contributed by atoms with Crippen LogP contribution in [0.2, 0.25) is 0 Å². The lowest BCUT2D eigenvalue weighted by Crippen LogP contribution is -2.51. The third kappa shape index (κ3) is 3.34. The van der Waals surface area contributed by atoms with Crippen LogP contribution in [-0.2, 0) is 6.54 Å². The van der Waals surface area contributed by atoms with Crippen LogP contribution in [0.15, 0.2) is 47.7 Å². The number of fused-ring (bicyclic) bond motifs is 2. The molecule has 0 saturated heterocycles. The standard InChI is InChI=1S/C24H26N4O3/c1-15-4-7-22-19(10-15)18(8-9-31-22)13-27-17(3)12-28-21(24(27)30)6-5-20(23(28)29)26-11-16(2)25-14-26/h4-7,10-11,14,17-18H,8-9,12-13H2,1-3H3. The molecule has 5 rings (SSSR count). The van der Waals surface area contributed by atoms with Gasteiger partial charge in [0.15, 0.2) is 0 Å². The monoisotopic (exact) mass is 418 g/mol. The molecule has 0 aliphatic carbocycles. The van der Waals surface area contributed by atoms with Gasteiger partial charge in [-0.3, -0.25) is 9.59 Å². The molecule has 2 aliphatic rings. The molecule has 0 spiro atoms. The summed E-state index contributed by atoms with van der Waals surface area (Å²) in [5.74, 6) is 1.04. The maximum absolute atomic E-state index is 13.4. The number of rotatable bonds is 3. The Bertz CT molecular complexity index is 1230. The molecule has 2 aliphatic heterocycles. The molecule has 4 heterocycles. The zero-order chi connectivity index (χ0) is 21.7. The number of carbonyl (C=O) groups excluding carboxylic acids is 1. The summed E-state index contributed by atoms with van der Waals surface area (Å²) in [7, 11) is 0. The Kier molecular flexibility index (Phi) is 4.68. The quantitative estimate of drug-likeness (QED) is 0.656. The summed E-state index contributed by atoms with van der Waals surface area (Å²) in [6, 6.07) is 9.64. The number of pyridine rings is 1. The van der Waals surface area contributed by atoms with E-state index in [9.17, 15) is 9.59 Å². The predicted molar refractivity (Wildman–Crippen MR) is 117 cm³/mol. The number of nitrogens with zero attached hydrogens (tertiary/aromatic N) is 4. The largest absolute Gasteiger partial charge is 0.493 e. The molecule has 2 unspecified atom stereocenters. The minimum atomic E-state index is -0.165. The third-order valence-corrected chi connectivity index (χ3v) is 6.35. The highest BCUT2D eigenvalue weighted by molar-refractivity contribution is 5.93. The molecule has 3 aromatic rings. The summed E-state index contributed by atoms with van der Waals surface area (Å²) in [5.41, 5.74) is 3.98. The van der Waals surface area contributed by atoms with Crippen molar-refractivity contribution < 1.29 is 9.53 Å². The van der Waals surface area contributed by atoms with Crippen molar-refractivity contribution in [1.82, 2.24) is 19.0 Å². The van der Waals surface area contributed by atoms with Crippen LogP contribution in [0.25, 0.3) is 5.69 Å². The number of carbonyl (C=O) groups is 1. The van der Waals surface area contributed by atoms with Crippen LogP contribution in [-0.4, -0.2) is 44.1 Å². The smallest absolute Gasteiger partial charge is 0.275 e. The Morgan fingerprint density at radius 2 is 2.00 bits per heavy atom. The zero-order valence-corrected chi connectivity index (χ0v) is 18.0. The number of aryl methyl sites for hydroxylation is 2. The number of benzene rings is 1. The first-order valence-electron chi connectivity index (χ1n) is 10.7. The second kappa shape index (κ2) is 7.41. The van der Waals surface area contributed by atoms with E-state index in [0.29, 0.717) is 31.1 Å². The average molecular weight is 418 g/mol. The van der Waals surface area contributed by atoms with Crippen LogP contribution in [0.1, 0.15) is 46.6 Å². The van der Waals surface area contributed by atoms with Crippen molar-refractivity contribution in [2.45, 2.75) is 45.7 Å². The fourth-order valence-electron chi connectivity index (χ4n) is 4.67. The molecule has 0 fully saturated rings. The molecule has 160 valence electrons. The molecule has 0 saturated carbocycles. The molecule has 0 radical (unpaired) electrons. The van der Waals surface area contributed by atoms with E-state index < -0.39 is 0 Å². The molecule has 7 nitrogen and oxygen atoms in total. The molecule has 2 atom stereocenters. The maximum Gasteiger partial charge on any atom is 0.275 e. The van der Waals surface area contributed by atoms with Crippen LogP contribution >= 0.6 is 0 Å². The summed E-state index contributed by atoms with van der Waals surface area (Å²) >= 11 is 0. The van der Waals surface area contributed by atoms with Crippen LogP contribution in [0, 0.1) is 13.8 Å². The lowest BCUT2D eigenvalue weighted by Gasteiger charge is -2.39. The first kappa shape index (κ1) is 19.6. The van der Waals surface area contributed by atoms with Gasteiger partial charge < -0.3 is 18.8 Å². The maximum atomic E-state index is 13.4. The first-order chi connectivity index (χ1) is 14.9. The summed E-state index contributed by atoms with van der Waals surface area (Å²) in [6.07, 6.45) is 4.32. The van der Waals surface area contributed by atoms with Crippen molar-refractivity contribution in [3.05, 3.63) is 75.7 Å². The summed E-state index contributed by atoms with van der Waals surface area (Å²) < 4.78 is 9.15. The van der Waals surface area contributed by atoms with Gasteiger partial charge in [-0.15, -0.1) is 0 Å². The highest BCUT2D eigenvalue weighted by atomic mass is 16.5. The number of amides is 1. The van der Waals surface area contributed by atoms with Gasteiger partial charge >= 0.3 is 0 Å². The molecule has 7 heteroatoms. The van der Waals surface area contributed by atoms with Gasteiger partial charge in [-0.05, 0) is 51.0 Å². The van der Waals surface area contributed by atoms with Crippen LogP contribution < -0.4 is 10.3 Å². The number of ether oxygens (including phenoxy) is 1. The van der Waals surface area contributed by atoms with E-state index >= 15 is 0 Å². The Morgan fingerprint density at radius 3 is 2.77 bits per heavy atom. The van der Waals surface area contributed by atoms with Gasteiger partial charge in [0.05, 0.1) is 18.6 Å². The van der Waals surface area contributed by atoms with E-state index in [0.717, 1.165) is 17.9 Å². The molecular formula is C24H26N4O3. The minimum Gasteiger partial charge on any atom is -0.493 e. The van der Waals surface area contributed by atoms with Gasteiger partial charge in [0.25, 0.3) is 11.5 Å². The van der Waals surface area contributed by atoms with Crippen molar-refractivity contribution in [2.24, 2.45) is 0 Å². The van der Waals surface area contributed by atoms with Crippen LogP contribution in [0.5, 0.6) is 5.75 Å². The lowest BCUT2D eigenvalue weighted by atomic mass is 9.90. The van der Waals surface area contributed by atoms with E-state index in [1.807, 2.05) is 31.0 Å². The van der Waals surface area contributed by atoms with Gasteiger partial charge in [0.2, 0.25) is 0 Å². The van der Waals surface area contributed by atoms with Gasteiger partial charge in [-0.1, -0.05) is 17.7 Å². The van der Waals surface area contributed by atoms with Crippen LogP contribution in [0.4, 0.5) is 0 Å². The molecule has 1 aromatic carbocycles. The summed E-state index contributed by atoms with van der Waals surface area (Å²) in [5, 5.41) is 0. The Labute approximate surface area is 180 Å². The fourth-order valence-corrected chi connectivity index (χ4v) is 4.67. The third-order valence-electron chi connectivity index (χ3n) is 6.35. The van der Waals surface area contributed by atoms with E-state index in [1.165, 1.54) is 11.1 Å². The molecular weight excluding hydrogens is 392 g/mol. The van der Waals surface area contributed by atoms with Gasteiger partial charge in [-0.2, -0.15) is 0 Å². The second-order valence-corrected chi connectivity index (χ2v) is 8.62. The molecule has 0 bridgehead atoms. The highest BCUT2D eigenvalue weighted by Gasteiger charge is 2.34. The van der Waals surface area contributed by atoms with Crippen molar-refractivity contribution in [2.75, 3.05) is 13.2 Å². The highest BCUT2D eigenvalue weighted by Crippen LogP contribution is 2.36. The second-order valence-electron chi connectivity index (χ2n) is 8.62. The number of imidazole rings is 1. The SMILES string of the molecule is Cc1ccc2c(c1)C(CN1C(=O)c3ccc(-n4cnc(C)c4)c(=O)n3CC1C)CCO2. The lowest BCUT2D eigenvalue weighted by molar-refractivity contribution is 0.0580. The zero-order valence-electron chi connectivity index (χ0n) is 18.0. The van der Waals surface area contributed by atoms with Crippen molar-refractivity contribution >= 4 is 5.91 Å². The molecule has 2 aromatic heterocycles. The van der Waals surface area contributed by atoms with Crippen molar-refractivity contribution in [3.8, 4) is 11.4 Å². The first-order valence-corrected chi connectivity index (χ1v) is 10.7. The normalized spacial score (nSPS) is 20.2. The fraction of sp³-hybridized carbons (Fsp3) is 0.375.